The summed E-state index contributed by atoms with van der Waals surface area (Å²) in [5, 5.41) is 20.9. The molecule has 19 nitrogen and oxygen atoms in total. The van der Waals surface area contributed by atoms with Crippen molar-refractivity contribution < 1.29 is 55.0 Å². The van der Waals surface area contributed by atoms with E-state index in [0.29, 0.717) is 35.0 Å². The molecule has 0 bridgehead atoms. The van der Waals surface area contributed by atoms with E-state index in [1.54, 1.807) is 53.4 Å². The lowest BCUT2D eigenvalue weighted by Crippen LogP contribution is -2.49. The molecule has 1 fully saturated rings. The first-order valence-electron chi connectivity index (χ1n) is 24.1. The first-order valence-corrected chi connectivity index (χ1v) is 30.1. The molecule has 7 aromatic rings. The van der Waals surface area contributed by atoms with Crippen LogP contribution in [0.25, 0.3) is 29.0 Å². The number of hydrazone groups is 1. The molecule has 0 aromatic heterocycles. The number of aryl methyl sites for hydroxylation is 1. The predicted octanol–water partition coefficient (Wildman–Crippen LogP) is 10.3. The van der Waals surface area contributed by atoms with E-state index in [-0.39, 0.29) is 51.7 Å². The van der Waals surface area contributed by atoms with Crippen molar-refractivity contribution in [3.05, 3.63) is 200 Å². The van der Waals surface area contributed by atoms with Crippen LogP contribution in [0, 0.1) is 12.8 Å². The Kier molecular flexibility index (Phi) is 21.1. The highest BCUT2D eigenvalue weighted by Gasteiger charge is 2.33. The molecule has 83 heavy (non-hydrogen) atoms. The number of nitrogens with zero attached hydrogens (tertiary/aromatic N) is 2. The van der Waals surface area contributed by atoms with Gasteiger partial charge in [-0.3, -0.25) is 34.9 Å². The number of halogens is 2. The fourth-order valence-electron chi connectivity index (χ4n) is 7.83. The number of ether oxygens (including phenoxy) is 1. The molecule has 1 saturated heterocycles. The molecule has 1 aliphatic heterocycles. The number of hydrogen-bond donors (Lipinski definition) is 6. The van der Waals surface area contributed by atoms with E-state index < -0.39 is 47.8 Å². The second kappa shape index (κ2) is 27.9. The number of amides is 3. The largest absolute Gasteiger partial charge is 0.744 e. The highest BCUT2D eigenvalue weighted by Crippen LogP contribution is 2.37. The number of carbonyl (C=O) groups is 4. The van der Waals surface area contributed by atoms with Crippen LogP contribution in [0.15, 0.2) is 181 Å². The topological polar surface area (TPSA) is 288 Å². The Morgan fingerprint density at radius 3 is 2.02 bits per heavy atom. The van der Waals surface area contributed by atoms with E-state index in [0.717, 1.165) is 45.8 Å². The van der Waals surface area contributed by atoms with Gasteiger partial charge in [0.25, 0.3) is 17.7 Å². The Bertz CT molecular complexity index is 4050. The third-order valence-electron chi connectivity index (χ3n) is 11.6. The predicted molar refractivity (Wildman–Crippen MR) is 334 cm³/mol. The standard InChI is InChI=1S/C38H32Br2N6O9S3.C19H15NO3S2/c1-2-41-28-13-11-25(33(19-28)57(50,51)52)9-10-26-12-14-29(20-34(26)58(53,54)55)43-38(56)46-45-37(49)30(16-22-7-8-24-5-3-4-6-27(24)15-22)36(48)44-42-21-23-17-31(39)35(47)32(40)18-23;1-12-4-3-5-15(10-12)20-18(22)17(25-19(20)24)11-14-6-8-16(9-7-14)23-13(2)21/h2-15,17-21,30,41,47H,1,16H2,(H,44,48)(H,45,49)(H2,43,46,56)(H,50,51,52)(H,53,54,55);3-11H,1-2H3/p-2/b10-9+,42-21+;17-11-. The Hall–Kier alpha value is -7.92. The van der Waals surface area contributed by atoms with Crippen LogP contribution in [0.4, 0.5) is 17.1 Å². The number of hydrazine groups is 1. The molecule has 1 unspecified atom stereocenters. The van der Waals surface area contributed by atoms with Gasteiger partial charge in [0, 0.05) is 18.3 Å². The molecule has 6 N–H and O–H groups in total. The molecular weight excluding hydrogens is 1290 g/mol. The number of rotatable bonds is 16. The summed E-state index contributed by atoms with van der Waals surface area (Å²) in [4.78, 5) is 51.4. The van der Waals surface area contributed by atoms with Crippen LogP contribution in [0.2, 0.25) is 0 Å². The van der Waals surface area contributed by atoms with Gasteiger partial charge in [-0.2, -0.15) is 5.10 Å². The minimum Gasteiger partial charge on any atom is -0.744 e. The summed E-state index contributed by atoms with van der Waals surface area (Å²) in [5.74, 6) is -2.98. The van der Waals surface area contributed by atoms with Crippen molar-refractivity contribution in [3.63, 3.8) is 0 Å². The fourth-order valence-corrected chi connectivity index (χ4v) is 11.9. The van der Waals surface area contributed by atoms with Gasteiger partial charge in [-0.15, -0.1) is 0 Å². The van der Waals surface area contributed by atoms with Gasteiger partial charge in [0.2, 0.25) is 0 Å². The maximum absolute atomic E-state index is 13.5. The van der Waals surface area contributed by atoms with Gasteiger partial charge in [-0.1, -0.05) is 122 Å². The second-order valence-electron chi connectivity index (χ2n) is 17.7. The number of aromatic hydroxyl groups is 1. The SMILES string of the molecule is C=CNc1ccc(/C=C/c2ccc(NC(=S)NNC(=O)C(Cc3ccc4ccccc4c3)C(=O)N/N=C/c3cc(Br)c(O)c(Br)c3)cc2S(=O)(=O)[O-])c(S(=O)(=O)[O-])c1.CC(=O)Oc1ccc(/C=C2\SC(=S)N(c3cccc(C)c3)C2=O)cc1. The van der Waals surface area contributed by atoms with Crippen LogP contribution >= 0.6 is 68.1 Å². The normalized spacial score (nSPS) is 13.3. The van der Waals surface area contributed by atoms with Crippen LogP contribution in [-0.4, -0.2) is 70.4 Å². The summed E-state index contributed by atoms with van der Waals surface area (Å²) in [6, 6.07) is 38.2. The minimum absolute atomic E-state index is 0.00768. The molecule has 3 amide bonds. The molecule has 8 rings (SSSR count). The van der Waals surface area contributed by atoms with Gasteiger partial charge in [-0.05, 0) is 175 Å². The number of benzene rings is 7. The van der Waals surface area contributed by atoms with E-state index >= 15 is 0 Å². The third-order valence-corrected chi connectivity index (χ3v) is 16.1. The van der Waals surface area contributed by atoms with E-state index in [2.05, 4.69) is 70.5 Å². The van der Waals surface area contributed by atoms with Gasteiger partial charge in [0.15, 0.2) is 9.43 Å². The van der Waals surface area contributed by atoms with E-state index in [9.17, 15) is 50.2 Å². The first-order chi connectivity index (χ1) is 39.4. The molecule has 26 heteroatoms. The molecule has 426 valence electrons. The molecule has 7 aromatic carbocycles. The van der Waals surface area contributed by atoms with Gasteiger partial charge in [0.05, 0.1) is 35.5 Å². The van der Waals surface area contributed by atoms with Crippen molar-refractivity contribution in [2.75, 3.05) is 15.5 Å². The van der Waals surface area contributed by atoms with E-state index in [1.807, 2.05) is 67.6 Å². The first kappa shape index (κ1) is 62.7. The summed E-state index contributed by atoms with van der Waals surface area (Å²) < 4.78 is 78.9. The summed E-state index contributed by atoms with van der Waals surface area (Å²) in [7, 11) is -10.1. The van der Waals surface area contributed by atoms with Gasteiger partial charge in [-0.25, -0.2) is 22.3 Å². The number of phenolic OH excluding ortho intramolecular Hbond substituents is 1. The van der Waals surface area contributed by atoms with Crippen molar-refractivity contribution in [1.29, 1.82) is 0 Å². The third kappa shape index (κ3) is 17.3. The summed E-state index contributed by atoms with van der Waals surface area (Å²) in [6.07, 6.45) is 6.66. The molecule has 0 spiro atoms. The zero-order chi connectivity index (χ0) is 60.2. The fraction of sp³-hybridized carbons (Fsp3) is 0.0702. The van der Waals surface area contributed by atoms with Gasteiger partial charge < -0.3 is 29.6 Å². The zero-order valence-corrected chi connectivity index (χ0v) is 50.5. The molecule has 0 aliphatic carbocycles. The smallest absolute Gasteiger partial charge is 0.308 e. The molecule has 1 heterocycles. The van der Waals surface area contributed by atoms with Gasteiger partial charge in [0.1, 0.15) is 37.7 Å². The number of nitrogens with one attached hydrogen (secondary N) is 5. The number of thioether (sulfide) groups is 1. The quantitative estimate of drug-likeness (QED) is 0.00603. The average Bonchev–Trinajstić information content (AvgIpc) is 4.05. The molecular formula is C57H45Br2N7O12S5-2. The van der Waals surface area contributed by atoms with Crippen LogP contribution in [0.5, 0.6) is 11.5 Å². The maximum Gasteiger partial charge on any atom is 0.308 e. The molecule has 1 aliphatic rings. The van der Waals surface area contributed by atoms with Crippen molar-refractivity contribution in [1.82, 2.24) is 16.3 Å². The minimum atomic E-state index is -5.12. The van der Waals surface area contributed by atoms with Crippen LogP contribution < -0.4 is 36.5 Å². The molecule has 0 radical (unpaired) electrons. The van der Waals surface area contributed by atoms with Gasteiger partial charge >= 0.3 is 5.97 Å². The summed E-state index contributed by atoms with van der Waals surface area (Å²) in [5.41, 5.74) is 11.1. The Balaban J connectivity index is 0.000000328. The Labute approximate surface area is 508 Å². The Morgan fingerprint density at radius 1 is 0.783 bits per heavy atom. The lowest BCUT2D eigenvalue weighted by Gasteiger charge is -2.18. The number of thiocarbonyl (C=S) groups is 2. The van der Waals surface area contributed by atoms with Crippen LogP contribution in [0.1, 0.15) is 40.3 Å². The number of fused-ring (bicyclic) bond motifs is 1. The summed E-state index contributed by atoms with van der Waals surface area (Å²) >= 11 is 18.4. The van der Waals surface area contributed by atoms with Crippen LogP contribution in [-0.2, 0) is 45.8 Å². The second-order valence-corrected chi connectivity index (χ2v) is 24.2. The number of esters is 1. The maximum atomic E-state index is 13.5. The number of anilines is 3. The average molecular weight is 1340 g/mol. The van der Waals surface area contributed by atoms with E-state index in [4.69, 9.17) is 29.2 Å². The number of carbonyl (C=O) groups excluding carboxylic acids is 4. The van der Waals surface area contributed by atoms with E-state index in [1.165, 1.54) is 61.4 Å². The van der Waals surface area contributed by atoms with Crippen LogP contribution in [0.3, 0.4) is 0 Å². The molecule has 1 atom stereocenters. The Morgan fingerprint density at radius 2 is 1.41 bits per heavy atom. The van der Waals surface area contributed by atoms with Crippen molar-refractivity contribution >= 4 is 174 Å². The van der Waals surface area contributed by atoms with Crippen molar-refractivity contribution in [2.24, 2.45) is 11.0 Å². The number of hydrogen-bond acceptors (Lipinski definition) is 17. The highest BCUT2D eigenvalue weighted by atomic mass is 79.9. The lowest BCUT2D eigenvalue weighted by molar-refractivity contribution is -0.136. The zero-order valence-electron chi connectivity index (χ0n) is 43.3. The van der Waals surface area contributed by atoms with Crippen molar-refractivity contribution in [3.8, 4) is 11.5 Å². The monoisotopic (exact) mass is 1340 g/mol. The summed E-state index contributed by atoms with van der Waals surface area (Å²) in [6.45, 7) is 6.80. The highest BCUT2D eigenvalue weighted by molar-refractivity contribution is 9.11. The number of phenols is 1. The van der Waals surface area contributed by atoms with Crippen molar-refractivity contribution in [2.45, 2.75) is 30.1 Å². The molecule has 0 saturated carbocycles. The lowest BCUT2D eigenvalue weighted by atomic mass is 9.96.